The molecule has 0 aliphatic carbocycles. The lowest BCUT2D eigenvalue weighted by atomic mass is 10.0. The number of alkyl halides is 1. The molecule has 168 valence electrons. The van der Waals surface area contributed by atoms with Gasteiger partial charge in [-0.15, -0.1) is 0 Å². The highest BCUT2D eigenvalue weighted by Crippen LogP contribution is 2.18. The van der Waals surface area contributed by atoms with E-state index in [1.807, 2.05) is 0 Å². The minimum atomic E-state index is 0.0435. The quantitative estimate of drug-likeness (QED) is 0.0913. The number of carbonyl (C=O) groups excluding carboxylic acids is 1. The number of carbonyl (C=O) groups is 1. The number of halogens is 1. The molecule has 28 heavy (non-hydrogen) atoms. The molecule has 3 heteroatoms. The first-order chi connectivity index (χ1) is 13.7. The standard InChI is InChI=1S/C25H49BrO2/c1-3-5-7-9-10-13-17-21-24(20-16-12-8-6-4-2)28-25(27)22-18-14-11-15-19-23-26/h24H,3-23H2,1-2H3. The van der Waals surface area contributed by atoms with Gasteiger partial charge in [0.15, 0.2) is 0 Å². The maximum atomic E-state index is 12.3. The normalized spacial score (nSPS) is 12.2. The molecule has 0 fully saturated rings. The van der Waals surface area contributed by atoms with Crippen molar-refractivity contribution in [1.29, 1.82) is 0 Å². The number of hydrogen-bond acceptors (Lipinski definition) is 2. The Kier molecular flexibility index (Phi) is 23.2. The predicted molar refractivity (Wildman–Crippen MR) is 127 cm³/mol. The Morgan fingerprint density at radius 2 is 1.07 bits per heavy atom. The van der Waals surface area contributed by atoms with Crippen LogP contribution in [0, 0.1) is 0 Å². The molecule has 1 atom stereocenters. The van der Waals surface area contributed by atoms with Gasteiger partial charge in [0.25, 0.3) is 0 Å². The van der Waals surface area contributed by atoms with Crippen molar-refractivity contribution in [3.63, 3.8) is 0 Å². The Balaban J connectivity index is 3.97. The summed E-state index contributed by atoms with van der Waals surface area (Å²) in [6, 6.07) is 0. The van der Waals surface area contributed by atoms with Crippen LogP contribution in [0.2, 0.25) is 0 Å². The molecule has 0 aromatic heterocycles. The summed E-state index contributed by atoms with van der Waals surface area (Å²) in [4.78, 5) is 12.3. The highest BCUT2D eigenvalue weighted by molar-refractivity contribution is 9.09. The van der Waals surface area contributed by atoms with E-state index in [-0.39, 0.29) is 12.1 Å². The van der Waals surface area contributed by atoms with Gasteiger partial charge < -0.3 is 4.74 Å². The van der Waals surface area contributed by atoms with E-state index in [4.69, 9.17) is 4.74 Å². The van der Waals surface area contributed by atoms with Gasteiger partial charge in [-0.2, -0.15) is 0 Å². The fraction of sp³-hybridized carbons (Fsp3) is 0.960. The molecule has 1 unspecified atom stereocenters. The zero-order valence-corrected chi connectivity index (χ0v) is 20.7. The van der Waals surface area contributed by atoms with E-state index in [1.54, 1.807) is 0 Å². The van der Waals surface area contributed by atoms with Crippen molar-refractivity contribution in [2.75, 3.05) is 5.33 Å². The molecule has 0 rings (SSSR count). The van der Waals surface area contributed by atoms with Crippen molar-refractivity contribution < 1.29 is 9.53 Å². The minimum absolute atomic E-state index is 0.0435. The second-order valence-electron chi connectivity index (χ2n) is 8.43. The van der Waals surface area contributed by atoms with Crippen molar-refractivity contribution in [1.82, 2.24) is 0 Å². The highest BCUT2D eigenvalue weighted by Gasteiger charge is 2.14. The van der Waals surface area contributed by atoms with Gasteiger partial charge in [-0.25, -0.2) is 0 Å². The van der Waals surface area contributed by atoms with E-state index in [9.17, 15) is 4.79 Å². The molecule has 0 spiro atoms. The van der Waals surface area contributed by atoms with Gasteiger partial charge >= 0.3 is 5.97 Å². The Labute approximate surface area is 185 Å². The fourth-order valence-corrected chi connectivity index (χ4v) is 4.10. The van der Waals surface area contributed by atoms with Crippen LogP contribution in [0.1, 0.15) is 142 Å². The summed E-state index contributed by atoms with van der Waals surface area (Å²) >= 11 is 3.47. The molecular weight excluding hydrogens is 412 g/mol. The Morgan fingerprint density at radius 3 is 1.57 bits per heavy atom. The fourth-order valence-electron chi connectivity index (χ4n) is 3.71. The lowest BCUT2D eigenvalue weighted by Crippen LogP contribution is -2.18. The monoisotopic (exact) mass is 460 g/mol. The lowest BCUT2D eigenvalue weighted by Gasteiger charge is -2.18. The van der Waals surface area contributed by atoms with Gasteiger partial charge in [0.2, 0.25) is 0 Å². The average molecular weight is 462 g/mol. The second-order valence-corrected chi connectivity index (χ2v) is 9.22. The lowest BCUT2D eigenvalue weighted by molar-refractivity contribution is -0.150. The van der Waals surface area contributed by atoms with Crippen molar-refractivity contribution >= 4 is 21.9 Å². The predicted octanol–water partition coefficient (Wildman–Crippen LogP) is 9.13. The molecule has 0 bridgehead atoms. The van der Waals surface area contributed by atoms with Gasteiger partial charge in [0.05, 0.1) is 0 Å². The first-order valence-electron chi connectivity index (χ1n) is 12.5. The molecule has 0 aromatic rings. The first kappa shape index (κ1) is 27.9. The molecule has 0 saturated carbocycles. The first-order valence-corrected chi connectivity index (χ1v) is 13.6. The molecule has 0 aliphatic heterocycles. The van der Waals surface area contributed by atoms with Crippen LogP contribution in [0.25, 0.3) is 0 Å². The topological polar surface area (TPSA) is 26.3 Å². The van der Waals surface area contributed by atoms with Crippen molar-refractivity contribution in [2.24, 2.45) is 0 Å². The molecule has 0 N–H and O–H groups in total. The Bertz CT molecular complexity index is 320. The number of esters is 1. The van der Waals surface area contributed by atoms with Crippen LogP contribution in [0.5, 0.6) is 0 Å². The van der Waals surface area contributed by atoms with Crippen molar-refractivity contribution in [3.05, 3.63) is 0 Å². The highest BCUT2D eigenvalue weighted by atomic mass is 79.9. The molecule has 0 saturated heterocycles. The van der Waals surface area contributed by atoms with Crippen molar-refractivity contribution in [2.45, 2.75) is 148 Å². The minimum Gasteiger partial charge on any atom is -0.462 e. The van der Waals surface area contributed by atoms with Crippen molar-refractivity contribution in [3.8, 4) is 0 Å². The van der Waals surface area contributed by atoms with E-state index in [0.717, 1.165) is 31.0 Å². The van der Waals surface area contributed by atoms with E-state index < -0.39 is 0 Å². The smallest absolute Gasteiger partial charge is 0.306 e. The second kappa shape index (κ2) is 23.2. The summed E-state index contributed by atoms with van der Waals surface area (Å²) in [7, 11) is 0. The van der Waals surface area contributed by atoms with E-state index in [0.29, 0.717) is 6.42 Å². The van der Waals surface area contributed by atoms with E-state index in [2.05, 4.69) is 29.8 Å². The number of rotatable bonds is 22. The van der Waals surface area contributed by atoms with Gasteiger partial charge in [-0.3, -0.25) is 4.79 Å². The molecule has 2 nitrogen and oxygen atoms in total. The summed E-state index contributed by atoms with van der Waals surface area (Å²) in [5.74, 6) is 0.0435. The maximum Gasteiger partial charge on any atom is 0.306 e. The largest absolute Gasteiger partial charge is 0.462 e. The molecule has 0 radical (unpaired) electrons. The van der Waals surface area contributed by atoms with Crippen LogP contribution in [0.15, 0.2) is 0 Å². The van der Waals surface area contributed by atoms with Gasteiger partial charge in [0, 0.05) is 11.8 Å². The third-order valence-electron chi connectivity index (χ3n) is 5.57. The Morgan fingerprint density at radius 1 is 0.643 bits per heavy atom. The molecule has 0 amide bonds. The van der Waals surface area contributed by atoms with Crippen LogP contribution < -0.4 is 0 Å². The SMILES string of the molecule is CCCCCCCCCC(CCCCCCC)OC(=O)CCCCCCCBr. The maximum absolute atomic E-state index is 12.3. The number of unbranched alkanes of at least 4 members (excludes halogenated alkanes) is 14. The third-order valence-corrected chi connectivity index (χ3v) is 6.13. The van der Waals surface area contributed by atoms with Gasteiger partial charge in [-0.1, -0.05) is 113 Å². The summed E-state index contributed by atoms with van der Waals surface area (Å²) < 4.78 is 5.88. The van der Waals surface area contributed by atoms with Crippen LogP contribution >= 0.6 is 15.9 Å². The van der Waals surface area contributed by atoms with E-state index >= 15 is 0 Å². The summed E-state index contributed by atoms with van der Waals surface area (Å²) in [5, 5.41) is 1.09. The third kappa shape index (κ3) is 20.7. The van der Waals surface area contributed by atoms with E-state index in [1.165, 1.54) is 96.3 Å². The number of ether oxygens (including phenoxy) is 1. The van der Waals surface area contributed by atoms with Crippen LogP contribution in [0.3, 0.4) is 0 Å². The molecule has 0 aromatic carbocycles. The summed E-state index contributed by atoms with van der Waals surface area (Å²) in [6.45, 7) is 4.52. The van der Waals surface area contributed by atoms with Gasteiger partial charge in [-0.05, 0) is 38.5 Å². The zero-order chi connectivity index (χ0) is 20.7. The van der Waals surface area contributed by atoms with Crippen LogP contribution in [-0.4, -0.2) is 17.4 Å². The average Bonchev–Trinajstić information content (AvgIpc) is 2.69. The molecular formula is C25H49BrO2. The Hall–Kier alpha value is -0.0500. The molecule has 0 heterocycles. The number of hydrogen-bond donors (Lipinski definition) is 0. The zero-order valence-electron chi connectivity index (χ0n) is 19.1. The van der Waals surface area contributed by atoms with Gasteiger partial charge in [0.1, 0.15) is 6.10 Å². The summed E-state index contributed by atoms with van der Waals surface area (Å²) in [6.07, 6.45) is 24.5. The summed E-state index contributed by atoms with van der Waals surface area (Å²) in [5.41, 5.74) is 0. The van der Waals surface area contributed by atoms with Crippen LogP contribution in [-0.2, 0) is 9.53 Å². The molecule has 0 aliphatic rings. The van der Waals surface area contributed by atoms with Crippen LogP contribution in [0.4, 0.5) is 0 Å².